The Morgan fingerprint density at radius 3 is 2.20 bits per heavy atom. The Morgan fingerprint density at radius 1 is 1.27 bits per heavy atom. The van der Waals surface area contributed by atoms with Crippen LogP contribution in [0, 0.1) is 0 Å². The van der Waals surface area contributed by atoms with Gasteiger partial charge < -0.3 is 9.72 Å². The molecule has 0 atom stereocenters. The van der Waals surface area contributed by atoms with Crippen molar-refractivity contribution in [3.63, 3.8) is 0 Å². The first-order chi connectivity index (χ1) is 6.97. The first-order valence-electron chi connectivity index (χ1n) is 5.28. The van der Waals surface area contributed by atoms with Crippen molar-refractivity contribution in [2.45, 2.75) is 39.5 Å². The van der Waals surface area contributed by atoms with E-state index in [0.29, 0.717) is 17.5 Å². The minimum absolute atomic E-state index is 0.302. The fraction of sp³-hybridized carbons (Fsp3) is 0.583. The van der Waals surface area contributed by atoms with Gasteiger partial charge in [0.15, 0.2) is 0 Å². The summed E-state index contributed by atoms with van der Waals surface area (Å²) in [4.78, 5) is 14.5. The molecule has 0 fully saturated rings. The molecule has 1 heterocycles. The minimum atomic E-state index is -0.302. The van der Waals surface area contributed by atoms with Gasteiger partial charge >= 0.3 is 5.97 Å². The molecule has 1 rings (SSSR count). The highest BCUT2D eigenvalue weighted by atomic mass is 16.5. The van der Waals surface area contributed by atoms with E-state index in [4.69, 9.17) is 4.74 Å². The average molecular weight is 209 g/mol. The third kappa shape index (κ3) is 2.41. The largest absolute Gasteiger partial charge is 0.464 e. The number of rotatable bonds is 3. The standard InChI is InChI=1S/C12H19NO2/c1-7(2)9-6-10(12(14)15-5)13-11(9)8(3)4/h6-8,13H,1-5H3. The van der Waals surface area contributed by atoms with Gasteiger partial charge in [-0.3, -0.25) is 0 Å². The second-order valence-corrected chi connectivity index (χ2v) is 4.35. The Hall–Kier alpha value is -1.25. The van der Waals surface area contributed by atoms with E-state index >= 15 is 0 Å². The Balaban J connectivity index is 3.15. The van der Waals surface area contributed by atoms with Gasteiger partial charge in [0, 0.05) is 5.69 Å². The van der Waals surface area contributed by atoms with Gasteiger partial charge in [-0.1, -0.05) is 27.7 Å². The fourth-order valence-electron chi connectivity index (χ4n) is 1.66. The van der Waals surface area contributed by atoms with Crippen LogP contribution in [0.2, 0.25) is 0 Å². The van der Waals surface area contributed by atoms with Crippen LogP contribution in [0.4, 0.5) is 0 Å². The molecule has 3 nitrogen and oxygen atoms in total. The second-order valence-electron chi connectivity index (χ2n) is 4.35. The Kier molecular flexibility index (Phi) is 3.56. The van der Waals surface area contributed by atoms with Gasteiger partial charge in [0.25, 0.3) is 0 Å². The highest BCUT2D eigenvalue weighted by Gasteiger charge is 2.17. The number of nitrogens with one attached hydrogen (secondary N) is 1. The molecule has 0 aliphatic heterocycles. The van der Waals surface area contributed by atoms with E-state index < -0.39 is 0 Å². The molecule has 15 heavy (non-hydrogen) atoms. The normalized spacial score (nSPS) is 11.1. The van der Waals surface area contributed by atoms with E-state index in [2.05, 4.69) is 32.7 Å². The average Bonchev–Trinajstić information content (AvgIpc) is 2.61. The van der Waals surface area contributed by atoms with Gasteiger partial charge in [0.05, 0.1) is 7.11 Å². The number of H-pyrrole nitrogens is 1. The zero-order valence-corrected chi connectivity index (χ0v) is 10.0. The van der Waals surface area contributed by atoms with Gasteiger partial charge in [-0.05, 0) is 23.5 Å². The van der Waals surface area contributed by atoms with Crippen LogP contribution in [0.15, 0.2) is 6.07 Å². The summed E-state index contributed by atoms with van der Waals surface area (Å²) in [6, 6.07) is 1.89. The van der Waals surface area contributed by atoms with E-state index in [-0.39, 0.29) is 5.97 Å². The summed E-state index contributed by atoms with van der Waals surface area (Å²) in [5.41, 5.74) is 2.88. The summed E-state index contributed by atoms with van der Waals surface area (Å²) >= 11 is 0. The molecule has 0 aliphatic rings. The van der Waals surface area contributed by atoms with Crippen molar-refractivity contribution in [1.29, 1.82) is 0 Å². The molecule has 0 spiro atoms. The SMILES string of the molecule is COC(=O)c1cc(C(C)C)c(C(C)C)[nH]1. The van der Waals surface area contributed by atoms with E-state index in [1.165, 1.54) is 12.7 Å². The molecule has 1 N–H and O–H groups in total. The fourth-order valence-corrected chi connectivity index (χ4v) is 1.66. The van der Waals surface area contributed by atoms with Crippen LogP contribution >= 0.6 is 0 Å². The van der Waals surface area contributed by atoms with Crippen LogP contribution in [0.25, 0.3) is 0 Å². The van der Waals surface area contributed by atoms with Crippen LogP contribution < -0.4 is 0 Å². The predicted octanol–water partition coefficient (Wildman–Crippen LogP) is 3.05. The van der Waals surface area contributed by atoms with Crippen LogP contribution in [-0.2, 0) is 4.74 Å². The first kappa shape index (κ1) is 11.8. The Bertz CT molecular complexity index is 325. The van der Waals surface area contributed by atoms with Crippen LogP contribution in [0.5, 0.6) is 0 Å². The number of hydrogen-bond acceptors (Lipinski definition) is 2. The van der Waals surface area contributed by atoms with E-state index in [1.807, 2.05) is 6.07 Å². The summed E-state index contributed by atoms with van der Waals surface area (Å²) in [7, 11) is 1.40. The number of esters is 1. The topological polar surface area (TPSA) is 42.1 Å². The van der Waals surface area contributed by atoms with E-state index in [9.17, 15) is 4.79 Å². The lowest BCUT2D eigenvalue weighted by Crippen LogP contribution is -2.01. The van der Waals surface area contributed by atoms with Gasteiger partial charge in [0.1, 0.15) is 5.69 Å². The number of methoxy groups -OCH3 is 1. The number of aromatic amines is 1. The molecule has 0 amide bonds. The zero-order valence-electron chi connectivity index (χ0n) is 10.0. The number of hydrogen-bond donors (Lipinski definition) is 1. The van der Waals surface area contributed by atoms with Crippen molar-refractivity contribution in [1.82, 2.24) is 4.98 Å². The van der Waals surface area contributed by atoms with E-state index in [1.54, 1.807) is 0 Å². The minimum Gasteiger partial charge on any atom is -0.464 e. The highest BCUT2D eigenvalue weighted by molar-refractivity contribution is 5.87. The zero-order chi connectivity index (χ0) is 11.6. The molecule has 0 saturated heterocycles. The monoisotopic (exact) mass is 209 g/mol. The summed E-state index contributed by atoms with van der Waals surface area (Å²) in [5.74, 6) is 0.502. The Morgan fingerprint density at radius 2 is 1.87 bits per heavy atom. The van der Waals surface area contributed by atoms with Crippen molar-refractivity contribution < 1.29 is 9.53 Å². The summed E-state index contributed by atoms with van der Waals surface area (Å²) in [6.07, 6.45) is 0. The van der Waals surface area contributed by atoms with Crippen LogP contribution in [0.3, 0.4) is 0 Å². The molecule has 0 aliphatic carbocycles. The van der Waals surface area contributed by atoms with Gasteiger partial charge in [0.2, 0.25) is 0 Å². The smallest absolute Gasteiger partial charge is 0.354 e. The maximum absolute atomic E-state index is 11.4. The molecule has 1 aromatic heterocycles. The summed E-state index contributed by atoms with van der Waals surface area (Å²) in [6.45, 7) is 8.46. The summed E-state index contributed by atoms with van der Waals surface area (Å²) < 4.78 is 4.69. The third-order valence-corrected chi connectivity index (χ3v) is 2.48. The lowest BCUT2D eigenvalue weighted by atomic mass is 9.98. The highest BCUT2D eigenvalue weighted by Crippen LogP contribution is 2.26. The van der Waals surface area contributed by atoms with Gasteiger partial charge in [-0.15, -0.1) is 0 Å². The van der Waals surface area contributed by atoms with E-state index in [0.717, 1.165) is 5.69 Å². The molecule has 0 aromatic carbocycles. The lowest BCUT2D eigenvalue weighted by Gasteiger charge is -2.09. The van der Waals surface area contributed by atoms with Gasteiger partial charge in [-0.2, -0.15) is 0 Å². The molecular formula is C12H19NO2. The maximum Gasteiger partial charge on any atom is 0.354 e. The summed E-state index contributed by atoms with van der Waals surface area (Å²) in [5, 5.41) is 0. The third-order valence-electron chi connectivity index (χ3n) is 2.48. The van der Waals surface area contributed by atoms with Crippen molar-refractivity contribution in [3.8, 4) is 0 Å². The Labute approximate surface area is 90.8 Å². The molecule has 0 saturated carbocycles. The van der Waals surface area contributed by atoms with Crippen LogP contribution in [0.1, 0.15) is 61.3 Å². The number of carbonyl (C=O) groups excluding carboxylic acids is 1. The molecule has 0 bridgehead atoms. The van der Waals surface area contributed by atoms with Gasteiger partial charge in [-0.25, -0.2) is 4.79 Å². The first-order valence-corrected chi connectivity index (χ1v) is 5.28. The van der Waals surface area contributed by atoms with Crippen molar-refractivity contribution in [2.24, 2.45) is 0 Å². The molecular weight excluding hydrogens is 190 g/mol. The molecule has 3 heteroatoms. The number of aromatic nitrogens is 1. The predicted molar refractivity (Wildman–Crippen MR) is 60.3 cm³/mol. The quantitative estimate of drug-likeness (QED) is 0.777. The number of carbonyl (C=O) groups is 1. The lowest BCUT2D eigenvalue weighted by molar-refractivity contribution is 0.0594. The van der Waals surface area contributed by atoms with Crippen molar-refractivity contribution in [3.05, 3.63) is 23.0 Å². The number of ether oxygens (including phenoxy) is 1. The van der Waals surface area contributed by atoms with Crippen molar-refractivity contribution >= 4 is 5.97 Å². The maximum atomic E-state index is 11.4. The van der Waals surface area contributed by atoms with Crippen molar-refractivity contribution in [2.75, 3.05) is 7.11 Å². The van der Waals surface area contributed by atoms with Crippen LogP contribution in [-0.4, -0.2) is 18.1 Å². The molecule has 1 aromatic rings. The molecule has 0 radical (unpaired) electrons. The second kappa shape index (κ2) is 4.51. The molecule has 84 valence electrons. The molecule has 0 unspecified atom stereocenters.